The highest BCUT2D eigenvalue weighted by Crippen LogP contribution is 2.42. The normalized spacial score (nSPS) is 33.0. The van der Waals surface area contributed by atoms with Crippen molar-refractivity contribution in [1.82, 2.24) is 4.31 Å². The Kier molecular flexibility index (Phi) is 3.34. The van der Waals surface area contributed by atoms with E-state index < -0.39 is 27.6 Å². The molecule has 0 bridgehead atoms. The lowest BCUT2D eigenvalue weighted by Gasteiger charge is -2.37. The number of nitrogens with two attached hydrogens (primary N) is 1. The van der Waals surface area contributed by atoms with Crippen molar-refractivity contribution in [3.63, 3.8) is 0 Å². The summed E-state index contributed by atoms with van der Waals surface area (Å²) >= 11 is 3.33. The molecule has 2 aliphatic rings. The van der Waals surface area contributed by atoms with Crippen LogP contribution in [0.1, 0.15) is 5.56 Å². The molecule has 0 amide bonds. The van der Waals surface area contributed by atoms with Crippen molar-refractivity contribution in [2.45, 2.75) is 10.8 Å². The smallest absolute Gasteiger partial charge is 0.204 e. The summed E-state index contributed by atoms with van der Waals surface area (Å²) in [6.45, 7) is 0.436. The predicted molar refractivity (Wildman–Crippen MR) is 77.9 cm³/mol. The molecule has 8 heteroatoms. The summed E-state index contributed by atoms with van der Waals surface area (Å²) in [5.74, 6) is -0.272. The number of guanidine groups is 1. The number of fused-ring (bicyclic) bond motifs is 1. The standard InChI is InChI=1S/C12H13BrFN3O2S/c1-17-11(15)16-12(6-19-5-10(12)20(17)18)8-4-7(13)2-3-9(8)14/h2-4,10H,5-6H2,1H3,(H2,15,16). The molecule has 0 aromatic heterocycles. The Labute approximate surface area is 126 Å². The fraction of sp³-hybridized carbons (Fsp3) is 0.417. The molecule has 1 fully saturated rings. The molecule has 2 N–H and O–H groups in total. The third-order valence-corrected chi connectivity index (χ3v) is 5.90. The molecule has 0 spiro atoms. The maximum atomic E-state index is 14.2. The number of hydrogen-bond donors (Lipinski definition) is 1. The molecule has 2 aliphatic heterocycles. The quantitative estimate of drug-likeness (QED) is 0.814. The zero-order valence-corrected chi connectivity index (χ0v) is 13.1. The lowest BCUT2D eigenvalue weighted by molar-refractivity contribution is 0.178. The van der Waals surface area contributed by atoms with Crippen LogP contribution in [0.25, 0.3) is 0 Å². The van der Waals surface area contributed by atoms with Gasteiger partial charge in [0.15, 0.2) is 0 Å². The van der Waals surface area contributed by atoms with Gasteiger partial charge in [0.2, 0.25) is 5.96 Å². The largest absolute Gasteiger partial charge is 0.377 e. The highest BCUT2D eigenvalue weighted by atomic mass is 79.9. The summed E-state index contributed by atoms with van der Waals surface area (Å²) < 4.78 is 34.3. The van der Waals surface area contributed by atoms with Crippen LogP contribution in [0.4, 0.5) is 4.39 Å². The average molecular weight is 362 g/mol. The first kappa shape index (κ1) is 14.0. The van der Waals surface area contributed by atoms with Crippen molar-refractivity contribution >= 4 is 32.9 Å². The molecule has 0 radical (unpaired) electrons. The van der Waals surface area contributed by atoms with Crippen LogP contribution in [0.5, 0.6) is 0 Å². The van der Waals surface area contributed by atoms with Crippen molar-refractivity contribution in [3.05, 3.63) is 34.1 Å². The van der Waals surface area contributed by atoms with E-state index in [-0.39, 0.29) is 19.2 Å². The average Bonchev–Trinajstić information content (AvgIpc) is 2.84. The monoisotopic (exact) mass is 361 g/mol. The lowest BCUT2D eigenvalue weighted by Crippen LogP contribution is -2.54. The van der Waals surface area contributed by atoms with Crippen LogP contribution in [-0.4, -0.2) is 40.0 Å². The minimum absolute atomic E-state index is 0.129. The summed E-state index contributed by atoms with van der Waals surface area (Å²) in [4.78, 5) is 4.42. The van der Waals surface area contributed by atoms with Crippen LogP contribution in [0.15, 0.2) is 27.7 Å². The summed E-state index contributed by atoms with van der Waals surface area (Å²) in [7, 11) is 0.201. The molecule has 1 saturated heterocycles. The zero-order valence-electron chi connectivity index (χ0n) is 10.7. The number of halogens is 2. The van der Waals surface area contributed by atoms with Crippen LogP contribution in [0, 0.1) is 5.82 Å². The van der Waals surface area contributed by atoms with Gasteiger partial charge in [-0.15, -0.1) is 0 Å². The zero-order chi connectivity index (χ0) is 14.5. The Morgan fingerprint density at radius 1 is 1.65 bits per heavy atom. The van der Waals surface area contributed by atoms with Crippen LogP contribution in [0.2, 0.25) is 0 Å². The van der Waals surface area contributed by atoms with Crippen molar-refractivity contribution in [2.24, 2.45) is 10.7 Å². The van der Waals surface area contributed by atoms with Crippen LogP contribution in [0.3, 0.4) is 0 Å². The minimum Gasteiger partial charge on any atom is -0.377 e. The van der Waals surface area contributed by atoms with Crippen molar-refractivity contribution < 1.29 is 13.3 Å². The third kappa shape index (κ3) is 1.89. The second-order valence-electron chi connectivity index (χ2n) is 4.80. The molecule has 5 nitrogen and oxygen atoms in total. The molecule has 0 saturated carbocycles. The first-order valence-electron chi connectivity index (χ1n) is 5.99. The molecule has 3 rings (SSSR count). The number of hydrogen-bond acceptors (Lipinski definition) is 4. The van der Waals surface area contributed by atoms with E-state index in [1.165, 1.54) is 10.4 Å². The molecule has 2 heterocycles. The summed E-state index contributed by atoms with van der Waals surface area (Å²) in [5.41, 5.74) is 5.17. The van der Waals surface area contributed by atoms with Crippen molar-refractivity contribution in [2.75, 3.05) is 20.3 Å². The van der Waals surface area contributed by atoms with Crippen LogP contribution >= 0.6 is 15.9 Å². The van der Waals surface area contributed by atoms with E-state index in [0.29, 0.717) is 5.56 Å². The van der Waals surface area contributed by atoms with E-state index in [9.17, 15) is 8.60 Å². The van der Waals surface area contributed by atoms with Gasteiger partial charge in [0.05, 0.1) is 13.2 Å². The van der Waals surface area contributed by atoms with Gasteiger partial charge in [0.1, 0.15) is 27.6 Å². The molecule has 3 atom stereocenters. The number of ether oxygens (including phenoxy) is 1. The predicted octanol–water partition coefficient (Wildman–Crippen LogP) is 1.11. The fourth-order valence-corrected chi connectivity index (χ4v) is 4.34. The second kappa shape index (κ2) is 4.78. The van der Waals surface area contributed by atoms with Gasteiger partial charge >= 0.3 is 0 Å². The fourth-order valence-electron chi connectivity index (χ4n) is 2.58. The van der Waals surface area contributed by atoms with E-state index in [0.717, 1.165) is 4.47 Å². The Hall–Kier alpha value is -0.990. The van der Waals surface area contributed by atoms with E-state index in [2.05, 4.69) is 20.9 Å². The van der Waals surface area contributed by atoms with E-state index in [1.54, 1.807) is 19.2 Å². The SMILES string of the molecule is CN1C(N)=NC2(c3cc(Br)ccc3F)COCC2S1=O. The minimum atomic E-state index is -1.40. The first-order valence-corrected chi connectivity index (χ1v) is 7.95. The van der Waals surface area contributed by atoms with Gasteiger partial charge in [0, 0.05) is 17.1 Å². The molecule has 108 valence electrons. The molecular formula is C12H13BrFN3O2S. The van der Waals surface area contributed by atoms with Crippen molar-refractivity contribution in [3.8, 4) is 0 Å². The molecule has 1 aromatic rings. The van der Waals surface area contributed by atoms with Gasteiger partial charge in [-0.2, -0.15) is 0 Å². The summed E-state index contributed by atoms with van der Waals surface area (Å²) in [6, 6.07) is 4.62. The van der Waals surface area contributed by atoms with Crippen molar-refractivity contribution in [1.29, 1.82) is 0 Å². The number of rotatable bonds is 1. The number of benzene rings is 1. The Bertz CT molecular complexity index is 627. The van der Waals surface area contributed by atoms with Gasteiger partial charge in [-0.1, -0.05) is 15.9 Å². The van der Waals surface area contributed by atoms with Gasteiger partial charge in [-0.05, 0) is 18.2 Å². The third-order valence-electron chi connectivity index (χ3n) is 3.67. The van der Waals surface area contributed by atoms with E-state index in [4.69, 9.17) is 10.5 Å². The lowest BCUT2D eigenvalue weighted by atomic mass is 9.89. The Morgan fingerprint density at radius 3 is 3.15 bits per heavy atom. The van der Waals surface area contributed by atoms with E-state index in [1.807, 2.05) is 0 Å². The number of aliphatic imine (C=N–C) groups is 1. The first-order chi connectivity index (χ1) is 9.45. The van der Waals surface area contributed by atoms with E-state index >= 15 is 0 Å². The second-order valence-corrected chi connectivity index (χ2v) is 7.38. The van der Waals surface area contributed by atoms with Gasteiger partial charge in [-0.3, -0.25) is 4.31 Å². The number of nitrogens with zero attached hydrogens (tertiary/aromatic N) is 2. The topological polar surface area (TPSA) is 67.9 Å². The summed E-state index contributed by atoms with van der Waals surface area (Å²) in [5, 5.41) is -0.441. The van der Waals surface area contributed by atoms with Gasteiger partial charge in [-0.25, -0.2) is 13.6 Å². The highest BCUT2D eigenvalue weighted by Gasteiger charge is 2.54. The van der Waals surface area contributed by atoms with Crippen LogP contribution in [-0.2, 0) is 21.3 Å². The Balaban J connectivity index is 2.23. The Morgan fingerprint density at radius 2 is 2.40 bits per heavy atom. The van der Waals surface area contributed by atoms with Crippen LogP contribution < -0.4 is 5.73 Å². The molecule has 3 unspecified atom stereocenters. The highest BCUT2D eigenvalue weighted by molar-refractivity contribution is 9.10. The molecule has 1 aromatic carbocycles. The maximum absolute atomic E-state index is 14.2. The van der Waals surface area contributed by atoms with Gasteiger partial charge < -0.3 is 10.5 Å². The molecule has 20 heavy (non-hydrogen) atoms. The molecule has 0 aliphatic carbocycles. The molecular weight excluding hydrogens is 349 g/mol. The maximum Gasteiger partial charge on any atom is 0.204 e. The van der Waals surface area contributed by atoms with Gasteiger partial charge in [0.25, 0.3) is 0 Å². The summed E-state index contributed by atoms with van der Waals surface area (Å²) in [6.07, 6.45) is 0.